The van der Waals surface area contributed by atoms with Crippen molar-refractivity contribution in [1.29, 1.82) is 0 Å². The molecule has 0 saturated carbocycles. The van der Waals surface area contributed by atoms with E-state index < -0.39 is 0 Å². The third-order valence-corrected chi connectivity index (χ3v) is 3.49. The number of H-pyrrole nitrogens is 1. The highest BCUT2D eigenvalue weighted by molar-refractivity contribution is 7.99. The van der Waals surface area contributed by atoms with Gasteiger partial charge in [-0.2, -0.15) is 4.98 Å². The Morgan fingerprint density at radius 1 is 1.41 bits per heavy atom. The molecule has 0 saturated heterocycles. The van der Waals surface area contributed by atoms with Crippen LogP contribution in [0.4, 0.5) is 0 Å². The van der Waals surface area contributed by atoms with Crippen LogP contribution >= 0.6 is 11.8 Å². The summed E-state index contributed by atoms with van der Waals surface area (Å²) in [6, 6.07) is 0. The minimum absolute atomic E-state index is 0.0319. The lowest BCUT2D eigenvalue weighted by Gasteiger charge is -2.17. The van der Waals surface area contributed by atoms with Crippen molar-refractivity contribution in [3.8, 4) is 5.88 Å². The quantitative estimate of drug-likeness (QED) is 0.872. The number of hydrogen-bond donors (Lipinski definition) is 2. The second-order valence-corrected chi connectivity index (χ2v) is 7.11. The Hall–Kier alpha value is -0.970. The minimum atomic E-state index is -0.239. The molecular formula is C12H20N2O2S. The van der Waals surface area contributed by atoms with Crippen LogP contribution in [0.15, 0.2) is 4.79 Å². The van der Waals surface area contributed by atoms with Gasteiger partial charge in [0, 0.05) is 4.75 Å². The molecule has 1 aromatic heterocycles. The van der Waals surface area contributed by atoms with Crippen molar-refractivity contribution >= 4 is 11.8 Å². The van der Waals surface area contributed by atoms with E-state index in [4.69, 9.17) is 0 Å². The summed E-state index contributed by atoms with van der Waals surface area (Å²) in [4.78, 5) is 18.5. The number of hydrogen-bond acceptors (Lipinski definition) is 4. The molecule has 0 aliphatic heterocycles. The molecule has 0 bridgehead atoms. The van der Waals surface area contributed by atoms with Crippen LogP contribution in [0.5, 0.6) is 5.88 Å². The molecule has 96 valence electrons. The van der Waals surface area contributed by atoms with Crippen molar-refractivity contribution < 1.29 is 5.11 Å². The number of thioether (sulfide) groups is 1. The molecule has 2 N–H and O–H groups in total. The average Bonchev–Trinajstić information content (AvgIpc) is 2.11. The highest BCUT2D eigenvalue weighted by atomic mass is 32.2. The monoisotopic (exact) mass is 256 g/mol. The lowest BCUT2D eigenvalue weighted by Crippen LogP contribution is -2.18. The van der Waals surface area contributed by atoms with Crippen LogP contribution in [0.3, 0.4) is 0 Å². The summed E-state index contributed by atoms with van der Waals surface area (Å²) in [5.41, 5.74) is 0.117. The first-order chi connectivity index (χ1) is 7.70. The second kappa shape index (κ2) is 5.12. The van der Waals surface area contributed by atoms with Gasteiger partial charge in [0.1, 0.15) is 5.82 Å². The normalized spacial score (nSPS) is 12.1. The Balaban J connectivity index is 2.96. The maximum Gasteiger partial charge on any atom is 0.258 e. The first-order valence-electron chi connectivity index (χ1n) is 5.66. The number of aromatic nitrogens is 2. The summed E-state index contributed by atoms with van der Waals surface area (Å²) in [7, 11) is 0. The van der Waals surface area contributed by atoms with Gasteiger partial charge >= 0.3 is 0 Å². The average molecular weight is 256 g/mol. The van der Waals surface area contributed by atoms with Crippen LogP contribution < -0.4 is 5.56 Å². The summed E-state index contributed by atoms with van der Waals surface area (Å²) in [5.74, 6) is 0.936. The number of nitrogens with zero attached hydrogens (tertiary/aromatic N) is 1. The molecule has 4 nitrogen and oxygen atoms in total. The van der Waals surface area contributed by atoms with Crippen molar-refractivity contribution in [2.45, 2.75) is 51.0 Å². The van der Waals surface area contributed by atoms with Crippen molar-refractivity contribution in [3.05, 3.63) is 21.7 Å². The van der Waals surface area contributed by atoms with Gasteiger partial charge in [-0.05, 0) is 5.92 Å². The van der Waals surface area contributed by atoms with Gasteiger partial charge in [0.2, 0.25) is 5.88 Å². The van der Waals surface area contributed by atoms with Crippen molar-refractivity contribution in [2.24, 2.45) is 0 Å². The molecule has 0 atom stereocenters. The summed E-state index contributed by atoms with van der Waals surface area (Å²) >= 11 is 1.67. The predicted molar refractivity (Wildman–Crippen MR) is 71.7 cm³/mol. The SMILES string of the molecule is CC(C)c1c(O)nc(CSC(C)(C)C)[nH]c1=O. The molecule has 1 aromatic rings. The van der Waals surface area contributed by atoms with E-state index in [1.807, 2.05) is 13.8 Å². The number of nitrogens with one attached hydrogen (secondary N) is 1. The van der Waals surface area contributed by atoms with E-state index >= 15 is 0 Å². The van der Waals surface area contributed by atoms with Crippen LogP contribution in [0.2, 0.25) is 0 Å². The van der Waals surface area contributed by atoms with Crippen LogP contribution in [0, 0.1) is 0 Å². The Bertz CT molecular complexity index is 447. The summed E-state index contributed by atoms with van der Waals surface area (Å²) in [6.07, 6.45) is 0. The Labute approximate surface area is 106 Å². The van der Waals surface area contributed by atoms with Crippen molar-refractivity contribution in [1.82, 2.24) is 9.97 Å². The lowest BCUT2D eigenvalue weighted by atomic mass is 10.1. The van der Waals surface area contributed by atoms with Crippen molar-refractivity contribution in [3.63, 3.8) is 0 Å². The molecule has 0 fully saturated rings. The fourth-order valence-electron chi connectivity index (χ4n) is 1.39. The molecule has 0 aliphatic carbocycles. The number of aromatic hydroxyl groups is 1. The van der Waals surface area contributed by atoms with Crippen LogP contribution in [-0.2, 0) is 5.75 Å². The van der Waals surface area contributed by atoms with Crippen molar-refractivity contribution in [2.75, 3.05) is 0 Å². The third-order valence-electron chi connectivity index (χ3n) is 2.20. The van der Waals surface area contributed by atoms with Crippen LogP contribution in [0.1, 0.15) is 51.9 Å². The van der Waals surface area contributed by atoms with E-state index in [9.17, 15) is 9.90 Å². The second-order valence-electron chi connectivity index (χ2n) is 5.31. The summed E-state index contributed by atoms with van der Waals surface area (Å²) in [5, 5.41) is 9.73. The van der Waals surface area contributed by atoms with Gasteiger partial charge < -0.3 is 10.1 Å². The zero-order valence-corrected chi connectivity index (χ0v) is 11.8. The van der Waals surface area contributed by atoms with E-state index in [-0.39, 0.29) is 22.1 Å². The number of rotatable bonds is 3. The van der Waals surface area contributed by atoms with Gasteiger partial charge in [-0.25, -0.2) is 0 Å². The zero-order valence-electron chi connectivity index (χ0n) is 11.0. The number of aromatic amines is 1. The molecule has 5 heteroatoms. The molecule has 0 aliphatic rings. The highest BCUT2D eigenvalue weighted by Crippen LogP contribution is 2.26. The molecule has 17 heavy (non-hydrogen) atoms. The molecule has 0 spiro atoms. The molecule has 0 radical (unpaired) electrons. The smallest absolute Gasteiger partial charge is 0.258 e. The molecule has 0 aromatic carbocycles. The van der Waals surface area contributed by atoms with E-state index in [0.717, 1.165) is 0 Å². The minimum Gasteiger partial charge on any atom is -0.493 e. The Morgan fingerprint density at radius 3 is 2.41 bits per heavy atom. The first kappa shape index (κ1) is 14.1. The molecule has 1 rings (SSSR count). The predicted octanol–water partition coefficient (Wildman–Crippen LogP) is 2.63. The van der Waals surface area contributed by atoms with E-state index in [0.29, 0.717) is 17.1 Å². The van der Waals surface area contributed by atoms with Gasteiger partial charge in [0.15, 0.2) is 0 Å². The Morgan fingerprint density at radius 2 is 2.00 bits per heavy atom. The van der Waals surface area contributed by atoms with Gasteiger partial charge in [0.25, 0.3) is 5.56 Å². The molecule has 0 unspecified atom stereocenters. The van der Waals surface area contributed by atoms with Gasteiger partial charge in [0.05, 0.1) is 11.3 Å². The van der Waals surface area contributed by atoms with Gasteiger partial charge in [-0.1, -0.05) is 34.6 Å². The lowest BCUT2D eigenvalue weighted by molar-refractivity contribution is 0.437. The van der Waals surface area contributed by atoms with E-state index in [1.54, 1.807) is 11.8 Å². The molecule has 1 heterocycles. The largest absolute Gasteiger partial charge is 0.493 e. The summed E-state index contributed by atoms with van der Waals surface area (Å²) in [6.45, 7) is 10.00. The zero-order chi connectivity index (χ0) is 13.2. The Kier molecular flexibility index (Phi) is 4.25. The first-order valence-corrected chi connectivity index (χ1v) is 6.65. The third kappa shape index (κ3) is 4.07. The topological polar surface area (TPSA) is 66.0 Å². The van der Waals surface area contributed by atoms with Gasteiger partial charge in [-0.3, -0.25) is 4.79 Å². The van der Waals surface area contributed by atoms with Crippen LogP contribution in [0.25, 0.3) is 0 Å². The fourth-order valence-corrected chi connectivity index (χ4v) is 2.10. The van der Waals surface area contributed by atoms with E-state index in [2.05, 4.69) is 30.7 Å². The standard InChI is InChI=1S/C12H20N2O2S/c1-7(2)9-10(15)13-8(14-11(9)16)6-17-12(3,4)5/h7H,6H2,1-5H3,(H2,13,14,15,16). The fraction of sp³-hybridized carbons (Fsp3) is 0.667. The van der Waals surface area contributed by atoms with Gasteiger partial charge in [-0.15, -0.1) is 11.8 Å². The maximum absolute atomic E-state index is 11.8. The maximum atomic E-state index is 11.8. The molecule has 0 amide bonds. The van der Waals surface area contributed by atoms with E-state index in [1.165, 1.54) is 0 Å². The van der Waals surface area contributed by atoms with Crippen LogP contribution in [-0.4, -0.2) is 19.8 Å². The summed E-state index contributed by atoms with van der Waals surface area (Å²) < 4.78 is 0.102. The molecular weight excluding hydrogens is 236 g/mol. The highest BCUT2D eigenvalue weighted by Gasteiger charge is 2.16.